The molecule has 22 heavy (non-hydrogen) atoms. The molecule has 1 aromatic carbocycles. The summed E-state index contributed by atoms with van der Waals surface area (Å²) in [4.78, 5) is 22.6. The van der Waals surface area contributed by atoms with Crippen LogP contribution in [0.1, 0.15) is 11.3 Å². The zero-order valence-corrected chi connectivity index (χ0v) is 12.2. The van der Waals surface area contributed by atoms with Gasteiger partial charge in [-0.05, 0) is 12.1 Å². The van der Waals surface area contributed by atoms with Gasteiger partial charge in [-0.1, -0.05) is 0 Å². The maximum absolute atomic E-state index is 11.7. The Morgan fingerprint density at radius 1 is 1.27 bits per heavy atom. The summed E-state index contributed by atoms with van der Waals surface area (Å²) < 4.78 is 10.3. The molecule has 116 valence electrons. The molecular formula is C14H16N4O4. The Morgan fingerprint density at radius 3 is 2.73 bits per heavy atom. The molecule has 3 N–H and O–H groups in total. The van der Waals surface area contributed by atoms with Gasteiger partial charge >= 0.3 is 0 Å². The van der Waals surface area contributed by atoms with Gasteiger partial charge in [0.1, 0.15) is 11.5 Å². The van der Waals surface area contributed by atoms with Crippen LogP contribution < -0.4 is 20.5 Å². The molecule has 1 aromatic heterocycles. The second-order valence-corrected chi connectivity index (χ2v) is 4.36. The van der Waals surface area contributed by atoms with E-state index in [4.69, 9.17) is 9.47 Å². The molecule has 0 fully saturated rings. The molecule has 1 heterocycles. The van der Waals surface area contributed by atoms with Gasteiger partial charge in [0, 0.05) is 23.4 Å². The molecule has 0 saturated heterocycles. The third-order valence-corrected chi connectivity index (χ3v) is 2.84. The molecule has 0 aliphatic rings. The molecule has 8 nitrogen and oxygen atoms in total. The van der Waals surface area contributed by atoms with Crippen LogP contribution in [0.15, 0.2) is 34.2 Å². The van der Waals surface area contributed by atoms with Crippen molar-refractivity contribution in [1.29, 1.82) is 0 Å². The number of H-pyrrole nitrogens is 2. The van der Waals surface area contributed by atoms with Crippen LogP contribution >= 0.6 is 0 Å². The highest BCUT2D eigenvalue weighted by Gasteiger charge is 2.05. The standard InChI is InChI=1S/C14H16N4O4/c1-21-11-4-3-9(12(7-11)22-2)8-15-17-13(19)5-10-6-14(20)18-16-10/h3-4,6-8H,5H2,1-2H3,(H,17,19)(H2,16,18,20)/b15-8-. The number of rotatable bonds is 6. The van der Waals surface area contributed by atoms with Crippen LogP contribution in [-0.4, -0.2) is 36.5 Å². The van der Waals surface area contributed by atoms with Gasteiger partial charge in [0.2, 0.25) is 5.91 Å². The molecule has 0 spiro atoms. The van der Waals surface area contributed by atoms with Gasteiger partial charge in [0.15, 0.2) is 0 Å². The van der Waals surface area contributed by atoms with E-state index in [9.17, 15) is 9.59 Å². The minimum atomic E-state index is -0.348. The highest BCUT2D eigenvalue weighted by molar-refractivity contribution is 5.85. The quantitative estimate of drug-likeness (QED) is 0.530. The average molecular weight is 304 g/mol. The summed E-state index contributed by atoms with van der Waals surface area (Å²) in [5.41, 5.74) is 3.27. The number of methoxy groups -OCH3 is 2. The van der Waals surface area contributed by atoms with Crippen molar-refractivity contribution in [1.82, 2.24) is 15.6 Å². The second-order valence-electron chi connectivity index (χ2n) is 4.36. The minimum absolute atomic E-state index is 0.0236. The topological polar surface area (TPSA) is 109 Å². The molecule has 0 atom stereocenters. The molecule has 2 rings (SSSR count). The molecular weight excluding hydrogens is 288 g/mol. The summed E-state index contributed by atoms with van der Waals surface area (Å²) in [6.07, 6.45) is 1.49. The van der Waals surface area contributed by atoms with E-state index >= 15 is 0 Å². The number of carbonyl (C=O) groups is 1. The Balaban J connectivity index is 1.97. The molecule has 8 heteroatoms. The molecule has 0 saturated carbocycles. The SMILES string of the molecule is COc1ccc(/C=N\NC(=O)Cc2cc(=O)[nH][nH]2)c(OC)c1. The summed E-state index contributed by atoms with van der Waals surface area (Å²) in [5, 5.41) is 8.81. The molecule has 2 aromatic rings. The van der Waals surface area contributed by atoms with Crippen LogP contribution in [0, 0.1) is 0 Å². The number of benzene rings is 1. The van der Waals surface area contributed by atoms with Crippen molar-refractivity contribution in [2.45, 2.75) is 6.42 Å². The Morgan fingerprint density at radius 2 is 2.09 bits per heavy atom. The molecule has 0 bridgehead atoms. The zero-order valence-electron chi connectivity index (χ0n) is 12.2. The first-order chi connectivity index (χ1) is 10.6. The number of carbonyl (C=O) groups excluding carboxylic acids is 1. The molecule has 1 amide bonds. The van der Waals surface area contributed by atoms with Gasteiger partial charge in [-0.2, -0.15) is 5.10 Å². The lowest BCUT2D eigenvalue weighted by atomic mass is 10.2. The molecule has 0 unspecified atom stereocenters. The Kier molecular flexibility index (Phi) is 4.97. The second kappa shape index (κ2) is 7.11. The number of hydrogen-bond acceptors (Lipinski definition) is 5. The van der Waals surface area contributed by atoms with Gasteiger partial charge < -0.3 is 14.6 Å². The fraction of sp³-hybridized carbons (Fsp3) is 0.214. The zero-order chi connectivity index (χ0) is 15.9. The number of hydrazone groups is 1. The van der Waals surface area contributed by atoms with E-state index in [1.165, 1.54) is 19.4 Å². The molecule has 0 radical (unpaired) electrons. The van der Waals surface area contributed by atoms with Gasteiger partial charge in [-0.3, -0.25) is 14.7 Å². The third kappa shape index (κ3) is 3.98. The number of ether oxygens (including phenoxy) is 2. The number of amides is 1. The maximum atomic E-state index is 11.7. The monoisotopic (exact) mass is 304 g/mol. The van der Waals surface area contributed by atoms with Crippen molar-refractivity contribution in [3.63, 3.8) is 0 Å². The third-order valence-electron chi connectivity index (χ3n) is 2.84. The summed E-state index contributed by atoms with van der Waals surface area (Å²) in [5.74, 6) is 0.890. The first-order valence-electron chi connectivity index (χ1n) is 6.43. The van der Waals surface area contributed by atoms with Gasteiger partial charge in [0.25, 0.3) is 5.56 Å². The van der Waals surface area contributed by atoms with E-state index < -0.39 is 0 Å². The minimum Gasteiger partial charge on any atom is -0.497 e. The van der Waals surface area contributed by atoms with Crippen LogP contribution in [0.2, 0.25) is 0 Å². The number of nitrogens with one attached hydrogen (secondary N) is 3. The summed E-state index contributed by atoms with van der Waals surface area (Å²) in [7, 11) is 3.10. The molecule has 0 aliphatic carbocycles. The average Bonchev–Trinajstić information content (AvgIpc) is 2.92. The van der Waals surface area contributed by atoms with Crippen LogP contribution in [0.25, 0.3) is 0 Å². The van der Waals surface area contributed by atoms with E-state index in [0.717, 1.165) is 0 Å². The predicted octanol–water partition coefficient (Wildman–Crippen LogP) is 0.413. The lowest BCUT2D eigenvalue weighted by Gasteiger charge is -2.06. The maximum Gasteiger partial charge on any atom is 0.264 e. The van der Waals surface area contributed by atoms with Crippen LogP contribution in [0.5, 0.6) is 11.5 Å². The van der Waals surface area contributed by atoms with E-state index in [1.807, 2.05) is 0 Å². The van der Waals surface area contributed by atoms with Crippen molar-refractivity contribution in [3.05, 3.63) is 45.9 Å². The number of aromatic nitrogens is 2. The lowest BCUT2D eigenvalue weighted by molar-refractivity contribution is -0.120. The van der Waals surface area contributed by atoms with Crippen molar-refractivity contribution >= 4 is 12.1 Å². The van der Waals surface area contributed by atoms with E-state index in [-0.39, 0.29) is 17.9 Å². The van der Waals surface area contributed by atoms with E-state index in [0.29, 0.717) is 22.8 Å². The van der Waals surface area contributed by atoms with Crippen molar-refractivity contribution in [2.75, 3.05) is 14.2 Å². The van der Waals surface area contributed by atoms with Crippen molar-refractivity contribution < 1.29 is 14.3 Å². The van der Waals surface area contributed by atoms with Gasteiger partial charge in [-0.15, -0.1) is 0 Å². The number of aromatic amines is 2. The Bertz CT molecular complexity index is 732. The predicted molar refractivity (Wildman–Crippen MR) is 80.4 cm³/mol. The van der Waals surface area contributed by atoms with Crippen LogP contribution in [0.3, 0.4) is 0 Å². The Hall–Kier alpha value is -3.03. The normalized spacial score (nSPS) is 10.6. The van der Waals surface area contributed by atoms with E-state index in [2.05, 4.69) is 20.7 Å². The highest BCUT2D eigenvalue weighted by atomic mass is 16.5. The fourth-order valence-corrected chi connectivity index (χ4v) is 1.78. The van der Waals surface area contributed by atoms with Crippen LogP contribution in [-0.2, 0) is 11.2 Å². The van der Waals surface area contributed by atoms with E-state index in [1.54, 1.807) is 25.3 Å². The van der Waals surface area contributed by atoms with Gasteiger partial charge in [-0.25, -0.2) is 5.43 Å². The number of hydrogen-bond donors (Lipinski definition) is 3. The summed E-state index contributed by atoms with van der Waals surface area (Å²) >= 11 is 0. The first kappa shape index (κ1) is 15.4. The van der Waals surface area contributed by atoms with Crippen molar-refractivity contribution in [2.24, 2.45) is 5.10 Å². The largest absolute Gasteiger partial charge is 0.497 e. The molecule has 0 aliphatic heterocycles. The number of nitrogens with zero attached hydrogens (tertiary/aromatic N) is 1. The smallest absolute Gasteiger partial charge is 0.264 e. The van der Waals surface area contributed by atoms with Crippen LogP contribution in [0.4, 0.5) is 0 Å². The summed E-state index contributed by atoms with van der Waals surface area (Å²) in [6, 6.07) is 6.55. The fourth-order valence-electron chi connectivity index (χ4n) is 1.78. The first-order valence-corrected chi connectivity index (χ1v) is 6.43. The lowest BCUT2D eigenvalue weighted by Crippen LogP contribution is -2.20. The Labute approximate surface area is 126 Å². The highest BCUT2D eigenvalue weighted by Crippen LogP contribution is 2.22. The van der Waals surface area contributed by atoms with Gasteiger partial charge in [0.05, 0.1) is 26.9 Å². The summed E-state index contributed by atoms with van der Waals surface area (Å²) in [6.45, 7) is 0. The van der Waals surface area contributed by atoms with Crippen molar-refractivity contribution in [3.8, 4) is 11.5 Å².